The normalized spacial score (nSPS) is 14.1. The molecule has 0 saturated carbocycles. The first-order valence-corrected chi connectivity index (χ1v) is 12.3. The second-order valence-corrected chi connectivity index (χ2v) is 9.55. The third kappa shape index (κ3) is 6.13. The molecule has 2 aromatic heterocycles. The van der Waals surface area contributed by atoms with E-state index in [-0.39, 0.29) is 30.4 Å². The number of carbonyl (C=O) groups is 1. The van der Waals surface area contributed by atoms with E-state index in [1.807, 2.05) is 0 Å². The van der Waals surface area contributed by atoms with E-state index in [2.05, 4.69) is 9.88 Å². The van der Waals surface area contributed by atoms with Crippen LogP contribution in [0.25, 0.3) is 10.2 Å². The largest absolute Gasteiger partial charge is 0.494 e. The summed E-state index contributed by atoms with van der Waals surface area (Å²) in [6.07, 6.45) is 2.18. The number of rotatable bonds is 8. The SMILES string of the molecule is COc1ccc(Cl)c2sc(N(CCCN3CCOCC3)C(=O)Cn3cnc(C)c(C)c3=O)nc12.Cl. The number of carbonyl (C=O) groups excluding carboxylic acids is 1. The highest BCUT2D eigenvalue weighted by atomic mass is 35.5. The highest BCUT2D eigenvalue weighted by Crippen LogP contribution is 2.38. The van der Waals surface area contributed by atoms with Crippen molar-refractivity contribution in [2.24, 2.45) is 0 Å². The van der Waals surface area contributed by atoms with Crippen molar-refractivity contribution in [2.75, 3.05) is 51.4 Å². The van der Waals surface area contributed by atoms with Crippen molar-refractivity contribution >= 4 is 56.6 Å². The Morgan fingerprint density at radius 2 is 2.03 bits per heavy atom. The number of benzene rings is 1. The minimum atomic E-state index is -0.233. The molecule has 0 unspecified atom stereocenters. The molecule has 1 fully saturated rings. The molecule has 0 bridgehead atoms. The Morgan fingerprint density at radius 3 is 2.74 bits per heavy atom. The molecule has 1 aromatic carbocycles. The van der Waals surface area contributed by atoms with Crippen molar-refractivity contribution in [3.63, 3.8) is 0 Å². The number of ether oxygens (including phenoxy) is 2. The van der Waals surface area contributed by atoms with Crippen LogP contribution < -0.4 is 15.2 Å². The average molecular weight is 542 g/mol. The van der Waals surface area contributed by atoms with Gasteiger partial charge >= 0.3 is 0 Å². The molecule has 4 rings (SSSR count). The number of nitrogens with zero attached hydrogens (tertiary/aromatic N) is 5. The molecule has 1 aliphatic heterocycles. The van der Waals surface area contributed by atoms with Gasteiger partial charge < -0.3 is 9.47 Å². The van der Waals surface area contributed by atoms with E-state index in [0.29, 0.717) is 39.2 Å². The van der Waals surface area contributed by atoms with Gasteiger partial charge in [0.25, 0.3) is 5.56 Å². The Hall–Kier alpha value is -2.24. The lowest BCUT2D eigenvalue weighted by molar-refractivity contribution is -0.119. The van der Waals surface area contributed by atoms with E-state index in [9.17, 15) is 9.59 Å². The summed E-state index contributed by atoms with van der Waals surface area (Å²) in [6.45, 7) is 7.88. The van der Waals surface area contributed by atoms with Gasteiger partial charge in [0, 0.05) is 37.4 Å². The molecular formula is C23H29Cl2N5O4S. The molecule has 3 heterocycles. The van der Waals surface area contributed by atoms with Crippen LogP contribution in [0.15, 0.2) is 23.3 Å². The van der Waals surface area contributed by atoms with Gasteiger partial charge in [-0.2, -0.15) is 0 Å². The van der Waals surface area contributed by atoms with E-state index < -0.39 is 0 Å². The lowest BCUT2D eigenvalue weighted by Gasteiger charge is -2.27. The molecule has 0 spiro atoms. The van der Waals surface area contributed by atoms with E-state index in [1.54, 1.807) is 38.0 Å². The zero-order chi connectivity index (χ0) is 24.2. The van der Waals surface area contributed by atoms with Crippen LogP contribution in [-0.2, 0) is 16.1 Å². The number of hydrogen-bond acceptors (Lipinski definition) is 8. The van der Waals surface area contributed by atoms with Crippen molar-refractivity contribution in [1.82, 2.24) is 19.4 Å². The molecule has 35 heavy (non-hydrogen) atoms. The number of amides is 1. The lowest BCUT2D eigenvalue weighted by Crippen LogP contribution is -2.41. The summed E-state index contributed by atoms with van der Waals surface area (Å²) in [4.78, 5) is 39.0. The van der Waals surface area contributed by atoms with Crippen LogP contribution in [-0.4, -0.2) is 71.8 Å². The van der Waals surface area contributed by atoms with Gasteiger partial charge in [0.2, 0.25) is 5.91 Å². The van der Waals surface area contributed by atoms with Gasteiger partial charge in [-0.15, -0.1) is 12.4 Å². The molecule has 0 atom stereocenters. The summed E-state index contributed by atoms with van der Waals surface area (Å²) < 4.78 is 13.0. The van der Waals surface area contributed by atoms with E-state index >= 15 is 0 Å². The average Bonchev–Trinajstić information content (AvgIpc) is 3.29. The highest BCUT2D eigenvalue weighted by Gasteiger charge is 2.23. The summed E-state index contributed by atoms with van der Waals surface area (Å²) in [5, 5.41) is 1.08. The van der Waals surface area contributed by atoms with E-state index in [1.165, 1.54) is 22.2 Å². The third-order valence-electron chi connectivity index (χ3n) is 5.98. The minimum absolute atomic E-state index is 0. The molecular weight excluding hydrogens is 513 g/mol. The zero-order valence-electron chi connectivity index (χ0n) is 20.0. The Morgan fingerprint density at radius 1 is 1.29 bits per heavy atom. The van der Waals surface area contributed by atoms with Crippen molar-refractivity contribution in [2.45, 2.75) is 26.8 Å². The van der Waals surface area contributed by atoms with Crippen LogP contribution in [0.1, 0.15) is 17.7 Å². The van der Waals surface area contributed by atoms with Crippen molar-refractivity contribution in [1.29, 1.82) is 0 Å². The fourth-order valence-corrected chi connectivity index (χ4v) is 5.14. The van der Waals surface area contributed by atoms with Crippen molar-refractivity contribution in [3.8, 4) is 5.75 Å². The summed E-state index contributed by atoms with van der Waals surface area (Å²) in [5.74, 6) is 0.362. The van der Waals surface area contributed by atoms with Crippen LogP contribution in [0.2, 0.25) is 5.02 Å². The Balaban J connectivity index is 0.00000342. The molecule has 1 aliphatic rings. The number of morpholine rings is 1. The van der Waals surface area contributed by atoms with Crippen LogP contribution in [0, 0.1) is 13.8 Å². The highest BCUT2D eigenvalue weighted by molar-refractivity contribution is 7.23. The lowest BCUT2D eigenvalue weighted by atomic mass is 10.2. The predicted molar refractivity (Wildman–Crippen MR) is 141 cm³/mol. The topological polar surface area (TPSA) is 89.8 Å². The Labute approximate surface area is 219 Å². The molecule has 0 radical (unpaired) electrons. The number of aryl methyl sites for hydroxylation is 1. The number of methoxy groups -OCH3 is 1. The first kappa shape index (κ1) is 27.3. The number of hydrogen-bond donors (Lipinski definition) is 0. The third-order valence-corrected chi connectivity index (χ3v) is 7.52. The maximum Gasteiger partial charge on any atom is 0.256 e. The number of fused-ring (bicyclic) bond motifs is 1. The Bertz CT molecular complexity index is 1240. The van der Waals surface area contributed by atoms with Gasteiger partial charge in [0.1, 0.15) is 17.8 Å². The number of thiazole rings is 1. The van der Waals surface area contributed by atoms with Crippen molar-refractivity contribution in [3.05, 3.63) is 45.1 Å². The molecule has 9 nitrogen and oxygen atoms in total. The molecule has 3 aromatic rings. The molecule has 1 saturated heterocycles. The summed E-state index contributed by atoms with van der Waals surface area (Å²) in [6, 6.07) is 3.52. The van der Waals surface area contributed by atoms with Gasteiger partial charge in [-0.05, 0) is 32.4 Å². The fraction of sp³-hybridized carbons (Fsp3) is 0.478. The fourth-order valence-electron chi connectivity index (χ4n) is 3.85. The monoisotopic (exact) mass is 541 g/mol. The van der Waals surface area contributed by atoms with Crippen molar-refractivity contribution < 1.29 is 14.3 Å². The van der Waals surface area contributed by atoms with Crippen LogP contribution >= 0.6 is 35.3 Å². The molecule has 0 N–H and O–H groups in total. The zero-order valence-corrected chi connectivity index (χ0v) is 22.3. The van der Waals surface area contributed by atoms with Gasteiger partial charge in [0.15, 0.2) is 5.13 Å². The van der Waals surface area contributed by atoms with Gasteiger partial charge in [-0.3, -0.25) is 24.0 Å². The summed E-state index contributed by atoms with van der Waals surface area (Å²) in [7, 11) is 1.58. The van der Waals surface area contributed by atoms with Gasteiger partial charge in [0.05, 0.1) is 36.4 Å². The number of anilines is 1. The maximum absolute atomic E-state index is 13.5. The molecule has 12 heteroatoms. The van der Waals surface area contributed by atoms with Crippen LogP contribution in [0.5, 0.6) is 5.75 Å². The predicted octanol–water partition coefficient (Wildman–Crippen LogP) is 3.31. The minimum Gasteiger partial charge on any atom is -0.494 e. The Kier molecular flexibility index (Phi) is 9.48. The van der Waals surface area contributed by atoms with E-state index in [0.717, 1.165) is 44.0 Å². The quantitative estimate of drug-likeness (QED) is 0.432. The summed E-state index contributed by atoms with van der Waals surface area (Å²) in [5.41, 5.74) is 1.59. The van der Waals surface area contributed by atoms with E-state index in [4.69, 9.17) is 26.1 Å². The first-order valence-electron chi connectivity index (χ1n) is 11.1. The van der Waals surface area contributed by atoms with Gasteiger partial charge in [-0.25, -0.2) is 9.97 Å². The smallest absolute Gasteiger partial charge is 0.256 e. The molecule has 0 aliphatic carbocycles. The van der Waals surface area contributed by atoms with Gasteiger partial charge in [-0.1, -0.05) is 22.9 Å². The maximum atomic E-state index is 13.5. The first-order chi connectivity index (χ1) is 16.4. The van der Waals surface area contributed by atoms with Crippen LogP contribution in [0.3, 0.4) is 0 Å². The second-order valence-electron chi connectivity index (χ2n) is 8.16. The second kappa shape index (κ2) is 12.1. The molecule has 190 valence electrons. The van der Waals surface area contributed by atoms with Crippen LogP contribution in [0.4, 0.5) is 5.13 Å². The standard InChI is InChI=1S/C23H28ClN5O4S.ClH/c1-15-16(2)25-14-28(22(15)31)13-19(30)29(8-4-7-27-9-11-33-12-10-27)23-26-20-18(32-3)6-5-17(24)21(20)34-23;/h5-6,14H,4,7-13H2,1-3H3;1H. The number of halogens is 2. The molecule has 1 amide bonds. The summed E-state index contributed by atoms with van der Waals surface area (Å²) >= 11 is 7.75. The number of aromatic nitrogens is 3.